The number of unbranched alkanes of at least 4 members (excludes halogenated alkanes) is 3. The van der Waals surface area contributed by atoms with Crippen LogP contribution in [0.4, 0.5) is 0 Å². The van der Waals surface area contributed by atoms with E-state index in [0.717, 1.165) is 6.29 Å². The molecule has 0 unspecified atom stereocenters. The van der Waals surface area contributed by atoms with E-state index in [9.17, 15) is 0 Å². The summed E-state index contributed by atoms with van der Waals surface area (Å²) in [6.45, 7) is 8.55. The highest BCUT2D eigenvalue weighted by atomic mass is 16.1. The van der Waals surface area contributed by atoms with E-state index in [-0.39, 0.29) is 0 Å². The van der Waals surface area contributed by atoms with Gasteiger partial charge in [0.25, 0.3) is 0 Å². The number of fused-ring (bicyclic) bond motifs is 1. The number of nitrogens with zero attached hydrogens (tertiary/aromatic N) is 1. The lowest BCUT2D eigenvalue weighted by atomic mass is 10.1. The molecule has 0 atom stereocenters. The van der Waals surface area contributed by atoms with Crippen LogP contribution in [0.2, 0.25) is 0 Å². The molecule has 0 aliphatic carbocycles. The molecule has 2 heteroatoms. The van der Waals surface area contributed by atoms with Crippen LogP contribution in [0.25, 0.3) is 10.8 Å². The summed E-state index contributed by atoms with van der Waals surface area (Å²) in [5, 5.41) is 2.62. The van der Waals surface area contributed by atoms with E-state index >= 15 is 0 Å². The van der Waals surface area contributed by atoms with Crippen molar-refractivity contribution in [1.29, 1.82) is 0 Å². The summed E-state index contributed by atoms with van der Waals surface area (Å²) in [5.41, 5.74) is 0. The molecule has 2 aromatic carbocycles. The van der Waals surface area contributed by atoms with Gasteiger partial charge < -0.3 is 9.69 Å². The zero-order chi connectivity index (χ0) is 18.8. The molecule has 0 N–H and O–H groups in total. The Bertz CT molecular complexity index is 463. The molecule has 1 fully saturated rings. The molecule has 2 aromatic rings. The summed E-state index contributed by atoms with van der Waals surface area (Å²) >= 11 is 0. The number of carbonyl (C=O) groups is 1. The number of aldehydes is 1. The van der Waals surface area contributed by atoms with Gasteiger partial charge in [0, 0.05) is 0 Å². The molecule has 1 aliphatic heterocycles. The van der Waals surface area contributed by atoms with E-state index in [2.05, 4.69) is 74.3 Å². The fraction of sp³-hybridized carbons (Fsp3) is 0.522. The first kappa shape index (κ1) is 23.3. The van der Waals surface area contributed by atoms with Gasteiger partial charge in [0.2, 0.25) is 0 Å². The van der Waals surface area contributed by atoms with Crippen LogP contribution in [0.5, 0.6) is 0 Å². The van der Waals surface area contributed by atoms with E-state index in [4.69, 9.17) is 4.79 Å². The molecule has 0 saturated carbocycles. The predicted molar refractivity (Wildman–Crippen MR) is 112 cm³/mol. The number of hydrogen-bond acceptors (Lipinski definition) is 2. The van der Waals surface area contributed by atoms with Crippen molar-refractivity contribution in [2.24, 2.45) is 0 Å². The van der Waals surface area contributed by atoms with Crippen molar-refractivity contribution in [2.45, 2.75) is 59.3 Å². The fourth-order valence-corrected chi connectivity index (χ4v) is 2.51. The van der Waals surface area contributed by atoms with Crippen molar-refractivity contribution in [3.8, 4) is 0 Å². The SMILES string of the molecule is CC=O.CCCCCC.CN1CCCC1.c1ccc2ccccc2c1. The maximum Gasteiger partial charge on any atom is 0.116 e. The molecule has 3 rings (SSSR count). The first-order valence-corrected chi connectivity index (χ1v) is 9.71. The molecule has 0 spiro atoms. The molecular weight excluding hydrogens is 306 g/mol. The van der Waals surface area contributed by atoms with Gasteiger partial charge in [-0.3, -0.25) is 0 Å². The number of benzene rings is 2. The molecule has 0 amide bonds. The third-order valence-corrected chi connectivity index (χ3v) is 3.95. The Hall–Kier alpha value is -1.67. The molecule has 0 bridgehead atoms. The Balaban J connectivity index is 0.000000337. The van der Waals surface area contributed by atoms with Crippen molar-refractivity contribution in [1.82, 2.24) is 4.90 Å². The third-order valence-electron chi connectivity index (χ3n) is 3.95. The van der Waals surface area contributed by atoms with Crippen LogP contribution in [0.15, 0.2) is 48.5 Å². The fourth-order valence-electron chi connectivity index (χ4n) is 2.51. The molecule has 0 aromatic heterocycles. The van der Waals surface area contributed by atoms with Gasteiger partial charge in [-0.05, 0) is 50.7 Å². The Morgan fingerprint density at radius 3 is 1.36 bits per heavy atom. The number of rotatable bonds is 3. The molecule has 1 aliphatic rings. The van der Waals surface area contributed by atoms with E-state index in [0.29, 0.717) is 0 Å². The smallest absolute Gasteiger partial charge is 0.116 e. The molecular formula is C23H37NO. The van der Waals surface area contributed by atoms with Crippen LogP contribution in [0.3, 0.4) is 0 Å². The quantitative estimate of drug-likeness (QED) is 0.478. The van der Waals surface area contributed by atoms with Crippen molar-refractivity contribution >= 4 is 17.1 Å². The molecule has 2 nitrogen and oxygen atoms in total. The van der Waals surface area contributed by atoms with Gasteiger partial charge in [0.1, 0.15) is 6.29 Å². The van der Waals surface area contributed by atoms with Gasteiger partial charge in [0.05, 0.1) is 0 Å². The van der Waals surface area contributed by atoms with E-state index < -0.39 is 0 Å². The number of carbonyl (C=O) groups excluding carboxylic acids is 1. The Labute approximate surface area is 155 Å². The predicted octanol–water partition coefficient (Wildman–Crippen LogP) is 6.34. The number of likely N-dealkylation sites (tertiary alicyclic amines) is 1. The van der Waals surface area contributed by atoms with Crippen molar-refractivity contribution in [3.05, 3.63) is 48.5 Å². The topological polar surface area (TPSA) is 20.3 Å². The molecule has 0 radical (unpaired) electrons. The monoisotopic (exact) mass is 343 g/mol. The van der Waals surface area contributed by atoms with Crippen LogP contribution in [-0.4, -0.2) is 31.3 Å². The van der Waals surface area contributed by atoms with Gasteiger partial charge in [0.15, 0.2) is 0 Å². The van der Waals surface area contributed by atoms with E-state index in [1.807, 2.05) is 0 Å². The summed E-state index contributed by atoms with van der Waals surface area (Å²) in [7, 11) is 2.17. The summed E-state index contributed by atoms with van der Waals surface area (Å²) in [6.07, 6.45) is 9.11. The standard InChI is InChI=1S/C10H8.C6H14.C5H11N.C2H4O/c1-2-6-10-8-4-3-7-9(10)5-1;1-3-5-6-4-2;1-6-4-2-3-5-6;1-2-3/h1-8H;3-6H2,1-2H3;2-5H2,1H3;2H,1H3. The zero-order valence-corrected chi connectivity index (χ0v) is 16.7. The summed E-state index contributed by atoms with van der Waals surface area (Å²) in [4.78, 5) is 11.2. The Morgan fingerprint density at radius 2 is 1.16 bits per heavy atom. The Morgan fingerprint density at radius 1 is 0.840 bits per heavy atom. The maximum absolute atomic E-state index is 8.81. The average Bonchev–Trinajstić information content (AvgIpc) is 3.13. The first-order chi connectivity index (χ1) is 12.2. The molecule has 1 saturated heterocycles. The van der Waals surface area contributed by atoms with Crippen LogP contribution in [0.1, 0.15) is 59.3 Å². The van der Waals surface area contributed by atoms with Crippen molar-refractivity contribution in [3.63, 3.8) is 0 Å². The van der Waals surface area contributed by atoms with Gasteiger partial charge in [-0.15, -0.1) is 0 Å². The lowest BCUT2D eigenvalue weighted by Gasteiger charge is -2.01. The van der Waals surface area contributed by atoms with Crippen LogP contribution >= 0.6 is 0 Å². The van der Waals surface area contributed by atoms with Gasteiger partial charge >= 0.3 is 0 Å². The minimum Gasteiger partial charge on any atom is -0.306 e. The normalized spacial score (nSPS) is 12.8. The lowest BCUT2D eigenvalue weighted by Crippen LogP contribution is -2.10. The average molecular weight is 344 g/mol. The van der Waals surface area contributed by atoms with Gasteiger partial charge in [-0.2, -0.15) is 0 Å². The first-order valence-electron chi connectivity index (χ1n) is 9.71. The van der Waals surface area contributed by atoms with Crippen LogP contribution in [-0.2, 0) is 4.79 Å². The molecule has 25 heavy (non-hydrogen) atoms. The van der Waals surface area contributed by atoms with Crippen LogP contribution in [0, 0.1) is 0 Å². The molecule has 1 heterocycles. The summed E-state index contributed by atoms with van der Waals surface area (Å²) in [5.74, 6) is 0. The van der Waals surface area contributed by atoms with Crippen LogP contribution < -0.4 is 0 Å². The second-order valence-electron chi connectivity index (χ2n) is 6.30. The van der Waals surface area contributed by atoms with Crippen molar-refractivity contribution < 1.29 is 4.79 Å². The van der Waals surface area contributed by atoms with Gasteiger partial charge in [-0.25, -0.2) is 0 Å². The Kier molecular flexibility index (Phi) is 16.0. The highest BCUT2D eigenvalue weighted by Gasteiger charge is 2.03. The highest BCUT2D eigenvalue weighted by molar-refractivity contribution is 5.81. The lowest BCUT2D eigenvalue weighted by molar-refractivity contribution is -0.106. The minimum absolute atomic E-state index is 0.750. The summed E-state index contributed by atoms with van der Waals surface area (Å²) in [6, 6.07) is 16.7. The number of hydrogen-bond donors (Lipinski definition) is 0. The van der Waals surface area contributed by atoms with E-state index in [1.165, 1.54) is 69.3 Å². The second kappa shape index (κ2) is 17.2. The minimum atomic E-state index is 0.750. The largest absolute Gasteiger partial charge is 0.306 e. The highest BCUT2D eigenvalue weighted by Crippen LogP contribution is 2.11. The van der Waals surface area contributed by atoms with E-state index in [1.54, 1.807) is 0 Å². The van der Waals surface area contributed by atoms with Crippen molar-refractivity contribution in [2.75, 3.05) is 20.1 Å². The maximum atomic E-state index is 8.81. The second-order valence-corrected chi connectivity index (χ2v) is 6.30. The summed E-state index contributed by atoms with van der Waals surface area (Å²) < 4.78 is 0. The molecule has 140 valence electrons. The zero-order valence-electron chi connectivity index (χ0n) is 16.7. The van der Waals surface area contributed by atoms with Gasteiger partial charge in [-0.1, -0.05) is 88.1 Å². The third kappa shape index (κ3) is 13.3.